The van der Waals surface area contributed by atoms with Crippen LogP contribution < -0.4 is 5.32 Å². The second kappa shape index (κ2) is 7.54. The number of amides is 1. The fourth-order valence-electron chi connectivity index (χ4n) is 2.83. The van der Waals surface area contributed by atoms with E-state index in [-0.39, 0.29) is 12.5 Å². The van der Waals surface area contributed by atoms with Crippen molar-refractivity contribution in [2.45, 2.75) is 32.3 Å². The number of fused-ring (bicyclic) bond motifs is 1. The number of rotatable bonds is 8. The highest BCUT2D eigenvalue weighted by molar-refractivity contribution is 5.99. The summed E-state index contributed by atoms with van der Waals surface area (Å²) >= 11 is 0. The third-order valence-electron chi connectivity index (χ3n) is 3.79. The highest BCUT2D eigenvalue weighted by Crippen LogP contribution is 2.30. The molecule has 116 valence electrons. The van der Waals surface area contributed by atoms with Gasteiger partial charge >= 0.3 is 0 Å². The molecular weight excluding hydrogens is 268 g/mol. The molecule has 0 aromatic heterocycles. The molecule has 1 aliphatic rings. The Morgan fingerprint density at radius 1 is 1.38 bits per heavy atom. The SMILES string of the molecule is CCCN(CCCO)C[C@@H](O)c1cccc2c1CC(=O)N2. The monoisotopic (exact) mass is 292 g/mol. The first-order valence-corrected chi connectivity index (χ1v) is 7.58. The fraction of sp³-hybridized carbons (Fsp3) is 0.562. The molecule has 0 spiro atoms. The number of hydrogen-bond donors (Lipinski definition) is 3. The first-order valence-electron chi connectivity index (χ1n) is 7.58. The maximum absolute atomic E-state index is 11.5. The standard InChI is InChI=1S/C16H24N2O3/c1-2-7-18(8-4-9-19)11-15(20)12-5-3-6-14-13(12)10-16(21)17-14/h3,5-6,15,19-20H,2,4,7-11H2,1H3,(H,17,21)/t15-/m1/s1. The zero-order valence-corrected chi connectivity index (χ0v) is 12.5. The number of aliphatic hydroxyl groups excluding tert-OH is 2. The molecule has 1 aromatic carbocycles. The lowest BCUT2D eigenvalue weighted by Gasteiger charge is -2.25. The number of carbonyl (C=O) groups excluding carboxylic acids is 1. The molecule has 0 radical (unpaired) electrons. The maximum atomic E-state index is 11.5. The first kappa shape index (κ1) is 15.9. The second-order valence-electron chi connectivity index (χ2n) is 5.49. The van der Waals surface area contributed by atoms with Crippen LogP contribution in [0.15, 0.2) is 18.2 Å². The van der Waals surface area contributed by atoms with Crippen molar-refractivity contribution < 1.29 is 15.0 Å². The van der Waals surface area contributed by atoms with Crippen LogP contribution in [0.5, 0.6) is 0 Å². The minimum absolute atomic E-state index is 0.0182. The Labute approximate surface area is 125 Å². The molecule has 1 amide bonds. The highest BCUT2D eigenvalue weighted by atomic mass is 16.3. The van der Waals surface area contributed by atoms with Gasteiger partial charge in [-0.25, -0.2) is 0 Å². The number of benzene rings is 1. The van der Waals surface area contributed by atoms with Gasteiger partial charge in [0.1, 0.15) is 0 Å². The molecule has 1 heterocycles. The predicted molar refractivity (Wildman–Crippen MR) is 82.2 cm³/mol. The van der Waals surface area contributed by atoms with Gasteiger partial charge < -0.3 is 20.4 Å². The molecule has 2 rings (SSSR count). The number of carbonyl (C=O) groups is 1. The van der Waals surface area contributed by atoms with Gasteiger partial charge in [0, 0.05) is 25.4 Å². The molecule has 0 bridgehead atoms. The van der Waals surface area contributed by atoms with Crippen LogP contribution in [0.3, 0.4) is 0 Å². The number of nitrogens with one attached hydrogen (secondary N) is 1. The Hall–Kier alpha value is -1.43. The van der Waals surface area contributed by atoms with Crippen LogP contribution in [0.4, 0.5) is 5.69 Å². The number of aliphatic hydroxyl groups is 2. The molecule has 1 atom stereocenters. The number of nitrogens with zero attached hydrogens (tertiary/aromatic N) is 1. The first-order chi connectivity index (χ1) is 10.2. The van der Waals surface area contributed by atoms with Gasteiger partial charge in [-0.2, -0.15) is 0 Å². The molecule has 0 aliphatic carbocycles. The van der Waals surface area contributed by atoms with Crippen LogP contribution in [0.2, 0.25) is 0 Å². The van der Waals surface area contributed by atoms with Crippen molar-refractivity contribution in [2.24, 2.45) is 0 Å². The van der Waals surface area contributed by atoms with E-state index in [0.29, 0.717) is 19.4 Å². The largest absolute Gasteiger partial charge is 0.396 e. The second-order valence-corrected chi connectivity index (χ2v) is 5.49. The van der Waals surface area contributed by atoms with Gasteiger partial charge in [-0.3, -0.25) is 4.79 Å². The Kier molecular flexibility index (Phi) is 5.73. The summed E-state index contributed by atoms with van der Waals surface area (Å²) in [6.45, 7) is 4.45. The molecule has 21 heavy (non-hydrogen) atoms. The van der Waals surface area contributed by atoms with Gasteiger partial charge in [0.2, 0.25) is 5.91 Å². The van der Waals surface area contributed by atoms with Gasteiger partial charge in [0.15, 0.2) is 0 Å². The summed E-state index contributed by atoms with van der Waals surface area (Å²) in [5, 5.41) is 22.3. The Bertz CT molecular complexity index is 490. The van der Waals surface area contributed by atoms with Crippen molar-refractivity contribution in [1.29, 1.82) is 0 Å². The Morgan fingerprint density at radius 3 is 2.90 bits per heavy atom. The third-order valence-corrected chi connectivity index (χ3v) is 3.79. The van der Waals surface area contributed by atoms with Crippen LogP contribution in [0.1, 0.15) is 37.0 Å². The minimum atomic E-state index is -0.613. The molecular formula is C16H24N2O3. The van der Waals surface area contributed by atoms with Crippen molar-refractivity contribution in [2.75, 3.05) is 31.6 Å². The van der Waals surface area contributed by atoms with Crippen LogP contribution >= 0.6 is 0 Å². The fourth-order valence-corrected chi connectivity index (χ4v) is 2.83. The molecule has 5 nitrogen and oxygen atoms in total. The zero-order valence-electron chi connectivity index (χ0n) is 12.5. The molecule has 0 saturated heterocycles. The van der Waals surface area contributed by atoms with Crippen molar-refractivity contribution in [3.05, 3.63) is 29.3 Å². The van der Waals surface area contributed by atoms with Gasteiger partial charge in [0.05, 0.1) is 12.5 Å². The van der Waals surface area contributed by atoms with E-state index >= 15 is 0 Å². The summed E-state index contributed by atoms with van der Waals surface area (Å²) in [5.41, 5.74) is 2.55. The minimum Gasteiger partial charge on any atom is -0.396 e. The molecule has 0 fully saturated rings. The predicted octanol–water partition coefficient (Wildman–Crippen LogP) is 1.31. The maximum Gasteiger partial charge on any atom is 0.228 e. The average molecular weight is 292 g/mol. The van der Waals surface area contributed by atoms with Crippen molar-refractivity contribution in [3.63, 3.8) is 0 Å². The lowest BCUT2D eigenvalue weighted by atomic mass is 9.99. The van der Waals surface area contributed by atoms with E-state index in [1.165, 1.54) is 0 Å². The van der Waals surface area contributed by atoms with E-state index in [1.807, 2.05) is 18.2 Å². The van der Waals surface area contributed by atoms with E-state index < -0.39 is 6.10 Å². The number of anilines is 1. The molecule has 5 heteroatoms. The van der Waals surface area contributed by atoms with E-state index in [0.717, 1.165) is 36.3 Å². The van der Waals surface area contributed by atoms with Gasteiger partial charge in [-0.05, 0) is 36.6 Å². The summed E-state index contributed by atoms with van der Waals surface area (Å²) in [4.78, 5) is 13.7. The molecule has 0 unspecified atom stereocenters. The van der Waals surface area contributed by atoms with Crippen molar-refractivity contribution >= 4 is 11.6 Å². The van der Waals surface area contributed by atoms with Crippen molar-refractivity contribution in [1.82, 2.24) is 4.90 Å². The van der Waals surface area contributed by atoms with Crippen molar-refractivity contribution in [3.8, 4) is 0 Å². The van der Waals surface area contributed by atoms with Crippen LogP contribution in [-0.4, -0.2) is 47.3 Å². The normalized spacial score (nSPS) is 15.1. The van der Waals surface area contributed by atoms with Gasteiger partial charge in [-0.15, -0.1) is 0 Å². The quantitative estimate of drug-likeness (QED) is 0.675. The summed E-state index contributed by atoms with van der Waals surface area (Å²) in [5.74, 6) is -0.0182. The van der Waals surface area contributed by atoms with Crippen LogP contribution in [-0.2, 0) is 11.2 Å². The lowest BCUT2D eigenvalue weighted by molar-refractivity contribution is -0.115. The number of hydrogen-bond acceptors (Lipinski definition) is 4. The van der Waals surface area contributed by atoms with Crippen LogP contribution in [0.25, 0.3) is 0 Å². The third kappa shape index (κ3) is 4.03. The highest BCUT2D eigenvalue weighted by Gasteiger charge is 2.24. The smallest absolute Gasteiger partial charge is 0.228 e. The van der Waals surface area contributed by atoms with E-state index in [9.17, 15) is 9.90 Å². The molecule has 1 aromatic rings. The van der Waals surface area contributed by atoms with Crippen LogP contribution in [0, 0.1) is 0 Å². The Morgan fingerprint density at radius 2 is 2.19 bits per heavy atom. The molecule has 0 saturated carbocycles. The topological polar surface area (TPSA) is 72.8 Å². The van der Waals surface area contributed by atoms with E-state index in [1.54, 1.807) is 0 Å². The lowest BCUT2D eigenvalue weighted by Crippen LogP contribution is -2.31. The van der Waals surface area contributed by atoms with E-state index in [4.69, 9.17) is 5.11 Å². The molecule has 1 aliphatic heterocycles. The average Bonchev–Trinajstić information content (AvgIpc) is 2.84. The molecule has 3 N–H and O–H groups in total. The summed E-state index contributed by atoms with van der Waals surface area (Å²) < 4.78 is 0. The van der Waals surface area contributed by atoms with E-state index in [2.05, 4.69) is 17.1 Å². The Balaban J connectivity index is 2.07. The summed E-state index contributed by atoms with van der Waals surface area (Å²) in [6.07, 6.45) is 1.44. The summed E-state index contributed by atoms with van der Waals surface area (Å²) in [7, 11) is 0. The van der Waals surface area contributed by atoms with Gasteiger partial charge in [0.25, 0.3) is 0 Å². The zero-order chi connectivity index (χ0) is 15.2. The summed E-state index contributed by atoms with van der Waals surface area (Å²) in [6, 6.07) is 5.62. The van der Waals surface area contributed by atoms with Gasteiger partial charge in [-0.1, -0.05) is 19.1 Å².